The van der Waals surface area contributed by atoms with E-state index in [1.165, 1.54) is 0 Å². The minimum Gasteiger partial charge on any atom is -0.464 e. The van der Waals surface area contributed by atoms with Crippen molar-refractivity contribution in [3.63, 3.8) is 0 Å². The van der Waals surface area contributed by atoms with Crippen molar-refractivity contribution in [3.8, 4) is 11.3 Å². The molecule has 0 radical (unpaired) electrons. The molecule has 0 saturated carbocycles. The number of benzene rings is 1. The molecule has 0 bridgehead atoms. The summed E-state index contributed by atoms with van der Waals surface area (Å²) >= 11 is 0. The lowest BCUT2D eigenvalue weighted by Crippen LogP contribution is -2.06. The highest BCUT2D eigenvalue weighted by Crippen LogP contribution is 2.38. The van der Waals surface area contributed by atoms with E-state index in [1.54, 1.807) is 6.26 Å². The average molecular weight is 252 g/mol. The molecule has 1 aromatic heterocycles. The molecule has 0 saturated heterocycles. The van der Waals surface area contributed by atoms with Crippen molar-refractivity contribution < 1.29 is 9.21 Å². The van der Waals surface area contributed by atoms with Gasteiger partial charge in [-0.05, 0) is 36.1 Å². The molecule has 96 valence electrons. The first-order valence-corrected chi connectivity index (χ1v) is 6.62. The van der Waals surface area contributed by atoms with Gasteiger partial charge in [0.15, 0.2) is 5.78 Å². The minimum atomic E-state index is 0.115. The first-order chi connectivity index (χ1) is 9.26. The lowest BCUT2D eigenvalue weighted by atomic mass is 9.95. The standard InChI is InChI=1S/C17H16O2/c1-3-11-7-8-13-14(10-12(4-2)17(13)18)16(11)15-6-5-9-19-15/h3,5-9,12H,1,4,10H2,2H3. The maximum absolute atomic E-state index is 12.3. The fourth-order valence-corrected chi connectivity index (χ4v) is 2.88. The summed E-state index contributed by atoms with van der Waals surface area (Å²) in [6, 6.07) is 7.69. The Hall–Kier alpha value is -2.09. The Morgan fingerprint density at radius 1 is 1.42 bits per heavy atom. The third-order valence-electron chi connectivity index (χ3n) is 3.91. The van der Waals surface area contributed by atoms with E-state index in [0.29, 0.717) is 0 Å². The number of hydrogen-bond acceptors (Lipinski definition) is 2. The Kier molecular flexibility index (Phi) is 2.86. The van der Waals surface area contributed by atoms with E-state index in [4.69, 9.17) is 4.42 Å². The van der Waals surface area contributed by atoms with Crippen molar-refractivity contribution in [2.75, 3.05) is 0 Å². The number of hydrogen-bond donors (Lipinski definition) is 0. The van der Waals surface area contributed by atoms with Gasteiger partial charge in [0.25, 0.3) is 0 Å². The zero-order valence-corrected chi connectivity index (χ0v) is 11.0. The molecule has 1 aromatic carbocycles. The predicted molar refractivity (Wildman–Crippen MR) is 76.1 cm³/mol. The molecule has 3 rings (SSSR count). The van der Waals surface area contributed by atoms with Crippen LogP contribution in [0.25, 0.3) is 17.4 Å². The first-order valence-electron chi connectivity index (χ1n) is 6.62. The predicted octanol–water partition coefficient (Wildman–Crippen LogP) is 4.35. The number of carbonyl (C=O) groups is 1. The van der Waals surface area contributed by atoms with Gasteiger partial charge < -0.3 is 4.42 Å². The second-order valence-corrected chi connectivity index (χ2v) is 4.91. The zero-order valence-electron chi connectivity index (χ0n) is 11.0. The molecule has 1 aliphatic carbocycles. The Morgan fingerprint density at radius 3 is 2.89 bits per heavy atom. The summed E-state index contributed by atoms with van der Waals surface area (Å²) in [5.74, 6) is 1.20. The van der Waals surface area contributed by atoms with E-state index in [-0.39, 0.29) is 11.7 Å². The largest absolute Gasteiger partial charge is 0.464 e. The van der Waals surface area contributed by atoms with Gasteiger partial charge in [0, 0.05) is 17.0 Å². The van der Waals surface area contributed by atoms with Gasteiger partial charge in [-0.2, -0.15) is 0 Å². The van der Waals surface area contributed by atoms with Crippen LogP contribution < -0.4 is 0 Å². The van der Waals surface area contributed by atoms with Gasteiger partial charge in [0.05, 0.1) is 6.26 Å². The quantitative estimate of drug-likeness (QED) is 0.812. The van der Waals surface area contributed by atoms with Crippen LogP contribution in [0.3, 0.4) is 0 Å². The zero-order chi connectivity index (χ0) is 13.4. The van der Waals surface area contributed by atoms with Crippen LogP contribution in [0.1, 0.15) is 34.8 Å². The molecule has 2 aromatic rings. The molecular weight excluding hydrogens is 236 g/mol. The molecule has 0 N–H and O–H groups in total. The van der Waals surface area contributed by atoms with Crippen molar-refractivity contribution in [2.45, 2.75) is 19.8 Å². The lowest BCUT2D eigenvalue weighted by molar-refractivity contribution is 0.0934. The van der Waals surface area contributed by atoms with Crippen molar-refractivity contribution in [2.24, 2.45) is 5.92 Å². The Balaban J connectivity index is 2.24. The van der Waals surface area contributed by atoms with Crippen molar-refractivity contribution in [1.82, 2.24) is 0 Å². The van der Waals surface area contributed by atoms with Gasteiger partial charge in [-0.15, -0.1) is 0 Å². The number of Topliss-reactive ketones (excluding diaryl/α,β-unsaturated/α-hetero) is 1. The van der Waals surface area contributed by atoms with E-state index in [1.807, 2.05) is 30.3 Å². The minimum absolute atomic E-state index is 0.115. The summed E-state index contributed by atoms with van der Waals surface area (Å²) in [5.41, 5.74) is 4.02. The molecule has 1 heterocycles. The van der Waals surface area contributed by atoms with Crippen molar-refractivity contribution >= 4 is 11.9 Å². The number of rotatable bonds is 3. The number of carbonyl (C=O) groups excluding carboxylic acids is 1. The monoisotopic (exact) mass is 252 g/mol. The normalized spacial score (nSPS) is 17.5. The summed E-state index contributed by atoms with van der Waals surface area (Å²) in [7, 11) is 0. The van der Waals surface area contributed by atoms with Crippen LogP contribution in [0.5, 0.6) is 0 Å². The van der Waals surface area contributed by atoms with Crippen LogP contribution in [0.2, 0.25) is 0 Å². The summed E-state index contributed by atoms with van der Waals surface area (Å²) in [6.45, 7) is 5.92. The molecule has 2 nitrogen and oxygen atoms in total. The van der Waals surface area contributed by atoms with E-state index < -0.39 is 0 Å². The number of furan rings is 1. The third kappa shape index (κ3) is 1.75. The molecule has 2 heteroatoms. The highest BCUT2D eigenvalue weighted by atomic mass is 16.3. The third-order valence-corrected chi connectivity index (χ3v) is 3.91. The molecule has 0 aliphatic heterocycles. The molecule has 0 amide bonds. The van der Waals surface area contributed by atoms with E-state index in [2.05, 4.69) is 13.5 Å². The molecule has 1 unspecified atom stereocenters. The average Bonchev–Trinajstić information content (AvgIpc) is 3.06. The van der Waals surface area contributed by atoms with Gasteiger partial charge in [0.1, 0.15) is 5.76 Å². The Morgan fingerprint density at radius 2 is 2.26 bits per heavy atom. The Bertz CT molecular complexity index is 636. The van der Waals surface area contributed by atoms with E-state index in [9.17, 15) is 4.79 Å². The molecular formula is C17H16O2. The SMILES string of the molecule is C=Cc1ccc2c(c1-c1ccco1)CC(CC)C2=O. The van der Waals surface area contributed by atoms with Gasteiger partial charge in [-0.1, -0.05) is 31.7 Å². The van der Waals surface area contributed by atoms with Crippen LogP contribution >= 0.6 is 0 Å². The fourth-order valence-electron chi connectivity index (χ4n) is 2.88. The topological polar surface area (TPSA) is 30.2 Å². The summed E-state index contributed by atoms with van der Waals surface area (Å²) in [4.78, 5) is 12.3. The van der Waals surface area contributed by atoms with E-state index >= 15 is 0 Å². The lowest BCUT2D eigenvalue weighted by Gasteiger charge is -2.09. The highest BCUT2D eigenvalue weighted by molar-refractivity contribution is 6.04. The summed E-state index contributed by atoms with van der Waals surface area (Å²) < 4.78 is 5.53. The second-order valence-electron chi connectivity index (χ2n) is 4.91. The molecule has 1 aliphatic rings. The van der Waals surface area contributed by atoms with E-state index in [0.717, 1.165) is 40.9 Å². The van der Waals surface area contributed by atoms with Gasteiger partial charge >= 0.3 is 0 Å². The summed E-state index contributed by atoms with van der Waals surface area (Å²) in [6.07, 6.45) is 5.18. The molecule has 1 atom stereocenters. The smallest absolute Gasteiger partial charge is 0.166 e. The molecule has 19 heavy (non-hydrogen) atoms. The van der Waals surface area contributed by atoms with Gasteiger partial charge in [-0.3, -0.25) is 4.79 Å². The number of ketones is 1. The Labute approximate surface area is 112 Å². The van der Waals surface area contributed by atoms with Crippen LogP contribution in [0.4, 0.5) is 0 Å². The maximum atomic E-state index is 12.3. The number of fused-ring (bicyclic) bond motifs is 1. The van der Waals surface area contributed by atoms with Crippen LogP contribution in [0.15, 0.2) is 41.5 Å². The van der Waals surface area contributed by atoms with Crippen LogP contribution in [-0.2, 0) is 6.42 Å². The second kappa shape index (κ2) is 4.54. The molecule has 0 fully saturated rings. The van der Waals surface area contributed by atoms with Gasteiger partial charge in [0.2, 0.25) is 0 Å². The summed E-state index contributed by atoms with van der Waals surface area (Å²) in [5, 5.41) is 0. The van der Waals surface area contributed by atoms with Crippen LogP contribution in [0, 0.1) is 5.92 Å². The van der Waals surface area contributed by atoms with Gasteiger partial charge in [-0.25, -0.2) is 0 Å². The van der Waals surface area contributed by atoms with Crippen molar-refractivity contribution in [3.05, 3.63) is 53.8 Å². The van der Waals surface area contributed by atoms with Crippen LogP contribution in [-0.4, -0.2) is 5.78 Å². The van der Waals surface area contributed by atoms with Crippen molar-refractivity contribution in [1.29, 1.82) is 0 Å². The highest BCUT2D eigenvalue weighted by Gasteiger charge is 2.32. The fraction of sp³-hybridized carbons (Fsp3) is 0.235. The maximum Gasteiger partial charge on any atom is 0.166 e. The molecule has 0 spiro atoms. The first kappa shape index (κ1) is 12.0.